The summed E-state index contributed by atoms with van der Waals surface area (Å²) in [4.78, 5) is 26.1. The molecule has 0 aromatic heterocycles. The number of Topliss-reactive ketones (excluding diaryl/α,β-unsaturated/α-hetero) is 2. The van der Waals surface area contributed by atoms with E-state index in [2.05, 4.69) is 10.2 Å². The predicted octanol–water partition coefficient (Wildman–Crippen LogP) is 4.04. The smallest absolute Gasteiger partial charge is 0.279 e. The first-order valence-corrected chi connectivity index (χ1v) is 17.5. The summed E-state index contributed by atoms with van der Waals surface area (Å²) in [6.07, 6.45) is -0.968. The van der Waals surface area contributed by atoms with Crippen LogP contribution >= 0.6 is 0 Å². The molecule has 6 rings (SSSR count). The molecule has 2 unspecified atom stereocenters. The monoisotopic (exact) mass is 686 g/mol. The van der Waals surface area contributed by atoms with Crippen LogP contribution in [0, 0.1) is 13.8 Å². The van der Waals surface area contributed by atoms with E-state index in [0.29, 0.717) is 22.3 Å². The molecule has 0 spiro atoms. The molecule has 0 saturated heterocycles. The van der Waals surface area contributed by atoms with Gasteiger partial charge in [-0.25, -0.2) is 0 Å². The van der Waals surface area contributed by atoms with E-state index >= 15 is 0 Å². The molecular weight excluding hydrogens is 657 g/mol. The number of carbonyl (C=O) groups excluding carboxylic acids is 2. The van der Waals surface area contributed by atoms with Crippen LogP contribution < -0.4 is 11.7 Å². The van der Waals surface area contributed by atoms with Crippen molar-refractivity contribution in [3.05, 3.63) is 129 Å². The summed E-state index contributed by atoms with van der Waals surface area (Å²) in [6, 6.07) is 22.0. The number of ketones is 2. The van der Waals surface area contributed by atoms with Gasteiger partial charge >= 0.3 is 0 Å². The second kappa shape index (κ2) is 11.3. The van der Waals surface area contributed by atoms with Gasteiger partial charge in [-0.3, -0.25) is 18.7 Å². The van der Waals surface area contributed by atoms with Gasteiger partial charge < -0.3 is 11.7 Å². The first kappa shape index (κ1) is 32.9. The quantitative estimate of drug-likeness (QED) is 0.134. The molecule has 0 saturated carbocycles. The predicted molar refractivity (Wildman–Crippen MR) is 180 cm³/mol. The van der Waals surface area contributed by atoms with Crippen molar-refractivity contribution in [1.82, 2.24) is 0 Å². The molecule has 4 aromatic carbocycles. The molecule has 2 aliphatic carbocycles. The first-order valence-electron chi connectivity index (χ1n) is 14.6. The lowest BCUT2D eigenvalue weighted by molar-refractivity contribution is 0.105. The lowest BCUT2D eigenvalue weighted by Crippen LogP contribution is -2.46. The maximum absolute atomic E-state index is 13.3. The van der Waals surface area contributed by atoms with Crippen molar-refractivity contribution >= 4 is 43.2 Å². The van der Waals surface area contributed by atoms with Gasteiger partial charge in [0.15, 0.2) is 9.49 Å². The minimum atomic E-state index is -4.91. The highest BCUT2D eigenvalue weighted by atomic mass is 32.2. The third kappa shape index (κ3) is 4.63. The van der Waals surface area contributed by atoms with Crippen LogP contribution in [0.25, 0.3) is 11.1 Å². The van der Waals surface area contributed by atoms with Crippen LogP contribution in [0.3, 0.4) is 0 Å². The van der Waals surface area contributed by atoms with Gasteiger partial charge in [0.05, 0.1) is 0 Å². The lowest BCUT2D eigenvalue weighted by Gasteiger charge is -2.37. The highest BCUT2D eigenvalue weighted by molar-refractivity contribution is 7.87. The standard InChI is InChI=1S/C34H30N4O8S2/c1-19-15-21(11-13-25(19)33(47(41,42)43)17-29(37-35)31(39)23-7-3-5-9-27(23)33)22-12-14-26(20(2)16-22)34(48(44,45)46)18-30(38-36)32(40)24-8-4-6-10-28(24)34/h3-16H,17-18,35-36H2,1-2H3,(H,41,42,43)(H,44,45,46). The van der Waals surface area contributed by atoms with Gasteiger partial charge in [-0.1, -0.05) is 84.9 Å². The third-order valence-corrected chi connectivity index (χ3v) is 12.3. The molecule has 48 heavy (non-hydrogen) atoms. The Hall–Kier alpha value is -5.02. The fourth-order valence-electron chi connectivity index (χ4n) is 7.22. The molecule has 0 radical (unpaired) electrons. The zero-order chi connectivity index (χ0) is 34.8. The average Bonchev–Trinajstić information content (AvgIpc) is 3.05. The van der Waals surface area contributed by atoms with E-state index in [1.54, 1.807) is 74.5 Å². The summed E-state index contributed by atoms with van der Waals surface area (Å²) >= 11 is 0. The Labute approximate surface area is 276 Å². The van der Waals surface area contributed by atoms with Gasteiger partial charge in [0.1, 0.15) is 11.4 Å². The van der Waals surface area contributed by atoms with Crippen LogP contribution in [-0.2, 0) is 29.7 Å². The molecule has 12 nitrogen and oxygen atoms in total. The van der Waals surface area contributed by atoms with Crippen molar-refractivity contribution in [1.29, 1.82) is 0 Å². The van der Waals surface area contributed by atoms with E-state index in [4.69, 9.17) is 11.7 Å². The Morgan fingerprint density at radius 3 is 1.25 bits per heavy atom. The van der Waals surface area contributed by atoms with Crippen LogP contribution in [0.4, 0.5) is 0 Å². The summed E-state index contributed by atoms with van der Waals surface area (Å²) in [6.45, 7) is 3.34. The topological polar surface area (TPSA) is 220 Å². The number of nitrogens with two attached hydrogens (primary N) is 2. The second-order valence-electron chi connectivity index (χ2n) is 11.9. The number of fused-ring (bicyclic) bond motifs is 2. The largest absolute Gasteiger partial charge is 0.323 e. The van der Waals surface area contributed by atoms with E-state index in [0.717, 1.165) is 0 Å². The summed E-state index contributed by atoms with van der Waals surface area (Å²) in [5, 5.41) is 7.12. The zero-order valence-corrected chi connectivity index (χ0v) is 27.3. The van der Waals surface area contributed by atoms with Gasteiger partial charge in [0.2, 0.25) is 11.6 Å². The van der Waals surface area contributed by atoms with Crippen molar-refractivity contribution < 1.29 is 35.5 Å². The Balaban J connectivity index is 1.51. The molecule has 0 heterocycles. The number of rotatable bonds is 5. The summed E-state index contributed by atoms with van der Waals surface area (Å²) < 4.78 is 70.5. The Morgan fingerprint density at radius 2 is 0.938 bits per heavy atom. The van der Waals surface area contributed by atoms with Gasteiger partial charge in [-0.05, 0) is 58.4 Å². The van der Waals surface area contributed by atoms with Crippen LogP contribution in [0.15, 0.2) is 95.1 Å². The minimum absolute atomic E-state index is 0.0573. The normalized spacial score (nSPS) is 22.8. The summed E-state index contributed by atoms with van der Waals surface area (Å²) in [5.74, 6) is 9.94. The van der Waals surface area contributed by atoms with Gasteiger partial charge in [-0.15, -0.1) is 0 Å². The minimum Gasteiger partial charge on any atom is -0.323 e. The summed E-state index contributed by atoms with van der Waals surface area (Å²) in [5.41, 5.74) is 2.49. The number of benzene rings is 4. The highest BCUT2D eigenvalue weighted by Gasteiger charge is 2.55. The van der Waals surface area contributed by atoms with Crippen molar-refractivity contribution in [2.75, 3.05) is 0 Å². The number of hydrogen-bond acceptors (Lipinski definition) is 10. The zero-order valence-electron chi connectivity index (χ0n) is 25.7. The van der Waals surface area contributed by atoms with E-state index in [9.17, 15) is 35.5 Å². The van der Waals surface area contributed by atoms with Crippen LogP contribution in [-0.4, -0.2) is 48.9 Å². The molecule has 2 aliphatic rings. The molecule has 0 amide bonds. The molecule has 6 N–H and O–H groups in total. The Morgan fingerprint density at radius 1 is 0.583 bits per heavy atom. The van der Waals surface area contributed by atoms with Gasteiger partial charge in [0, 0.05) is 24.0 Å². The molecule has 246 valence electrons. The van der Waals surface area contributed by atoms with Crippen molar-refractivity contribution in [3.63, 3.8) is 0 Å². The van der Waals surface area contributed by atoms with Gasteiger partial charge in [-0.2, -0.15) is 27.0 Å². The number of nitrogens with zero attached hydrogens (tertiary/aromatic N) is 2. The molecule has 0 bridgehead atoms. The maximum Gasteiger partial charge on any atom is 0.279 e. The molecule has 4 aromatic rings. The maximum atomic E-state index is 13.3. The molecular formula is C34H30N4O8S2. The molecule has 14 heteroatoms. The Kier molecular flexibility index (Phi) is 7.75. The summed E-state index contributed by atoms with van der Waals surface area (Å²) in [7, 11) is -9.83. The molecule has 2 atom stereocenters. The fraction of sp³-hybridized carbons (Fsp3) is 0.176. The van der Waals surface area contributed by atoms with E-state index in [1.807, 2.05) is 0 Å². The van der Waals surface area contributed by atoms with E-state index < -0.39 is 54.1 Å². The SMILES string of the molecule is Cc1cc(-c2ccc(C3(S(=O)(=O)O)CC(=NN)C(=O)c4ccccc43)c(C)c2)ccc1C1(S(=O)(=O)O)CC(=NN)C(=O)c2ccccc21. The number of aryl methyl sites for hydroxylation is 2. The first-order chi connectivity index (χ1) is 22.6. The van der Waals surface area contributed by atoms with Crippen molar-refractivity contribution in [3.8, 4) is 11.1 Å². The van der Waals surface area contributed by atoms with Crippen molar-refractivity contribution in [2.45, 2.75) is 36.2 Å². The van der Waals surface area contributed by atoms with Gasteiger partial charge in [0.25, 0.3) is 20.2 Å². The van der Waals surface area contributed by atoms with E-state index in [1.165, 1.54) is 24.3 Å². The molecule has 0 aliphatic heterocycles. The molecule has 0 fully saturated rings. The fourth-order valence-corrected chi connectivity index (χ4v) is 9.78. The number of hydrogen-bond donors (Lipinski definition) is 4. The number of carbonyl (C=O) groups is 2. The van der Waals surface area contributed by atoms with Crippen molar-refractivity contribution in [2.24, 2.45) is 21.9 Å². The van der Waals surface area contributed by atoms with Crippen LogP contribution in [0.5, 0.6) is 0 Å². The van der Waals surface area contributed by atoms with Crippen LogP contribution in [0.2, 0.25) is 0 Å². The second-order valence-corrected chi connectivity index (χ2v) is 15.2. The number of hydrazone groups is 2. The van der Waals surface area contributed by atoms with E-state index in [-0.39, 0.29) is 44.8 Å². The average molecular weight is 687 g/mol. The third-order valence-electron chi connectivity index (χ3n) is 9.42. The Bertz CT molecular complexity index is 2190. The lowest BCUT2D eigenvalue weighted by atomic mass is 9.74. The highest BCUT2D eigenvalue weighted by Crippen LogP contribution is 2.49. The van der Waals surface area contributed by atoms with Crippen LogP contribution in [0.1, 0.15) is 66.9 Å².